The molecule has 4 heteroatoms. The summed E-state index contributed by atoms with van der Waals surface area (Å²) < 4.78 is 2.11. The maximum Gasteiger partial charge on any atom is 0.242 e. The number of para-hydroxylation sites is 2. The normalized spacial score (nSPS) is 11.2. The Kier molecular flexibility index (Phi) is 4.17. The van der Waals surface area contributed by atoms with Gasteiger partial charge in [-0.1, -0.05) is 42.5 Å². The summed E-state index contributed by atoms with van der Waals surface area (Å²) in [7, 11) is 1.84. The van der Waals surface area contributed by atoms with Crippen molar-refractivity contribution in [2.24, 2.45) is 0 Å². The second kappa shape index (κ2) is 6.64. The zero-order valence-corrected chi connectivity index (χ0v) is 15.0. The third-order valence-electron chi connectivity index (χ3n) is 4.79. The summed E-state index contributed by atoms with van der Waals surface area (Å²) in [6.07, 6.45) is 1.83. The van der Waals surface area contributed by atoms with Gasteiger partial charge in [0, 0.05) is 47.3 Å². The highest BCUT2D eigenvalue weighted by Crippen LogP contribution is 2.28. The van der Waals surface area contributed by atoms with E-state index in [4.69, 9.17) is 0 Å². The molecule has 0 saturated carbocycles. The molecule has 0 unspecified atom stereocenters. The molecule has 130 valence electrons. The Hall–Kier alpha value is -3.14. The molecular formula is C22H21N3O. The van der Waals surface area contributed by atoms with Crippen molar-refractivity contribution in [2.75, 3.05) is 7.05 Å². The van der Waals surface area contributed by atoms with Crippen molar-refractivity contribution >= 4 is 27.7 Å². The molecule has 4 rings (SSSR count). The lowest BCUT2D eigenvalue weighted by atomic mass is 10.2. The highest BCUT2D eigenvalue weighted by molar-refractivity contribution is 6.08. The van der Waals surface area contributed by atoms with E-state index in [2.05, 4.69) is 33.8 Å². The first-order valence-electron chi connectivity index (χ1n) is 8.75. The van der Waals surface area contributed by atoms with Gasteiger partial charge in [-0.2, -0.15) is 0 Å². The zero-order chi connectivity index (χ0) is 18.1. The number of amides is 1. The molecule has 2 heterocycles. The maximum atomic E-state index is 12.9. The van der Waals surface area contributed by atoms with Gasteiger partial charge in [-0.3, -0.25) is 9.78 Å². The average Bonchev–Trinajstić information content (AvgIpc) is 2.98. The van der Waals surface area contributed by atoms with Gasteiger partial charge in [0.1, 0.15) is 6.54 Å². The van der Waals surface area contributed by atoms with E-state index >= 15 is 0 Å². The molecule has 0 aliphatic rings. The van der Waals surface area contributed by atoms with E-state index in [9.17, 15) is 4.79 Å². The lowest BCUT2D eigenvalue weighted by Gasteiger charge is -2.18. The Morgan fingerprint density at radius 1 is 0.962 bits per heavy atom. The van der Waals surface area contributed by atoms with E-state index in [1.807, 2.05) is 56.6 Å². The minimum atomic E-state index is 0.0806. The standard InChI is InChI=1S/C22H21N3O/c1-16-11-12-17(13-23-16)14-24(2)22(26)15-25-20-9-5-3-7-18(20)19-8-4-6-10-21(19)25/h3-13H,14-15H2,1-2H3. The molecule has 0 spiro atoms. The van der Waals surface area contributed by atoms with Crippen LogP contribution < -0.4 is 0 Å². The Bertz CT molecular complexity index is 1030. The third-order valence-corrected chi connectivity index (χ3v) is 4.79. The molecule has 0 N–H and O–H groups in total. The molecule has 26 heavy (non-hydrogen) atoms. The van der Waals surface area contributed by atoms with Gasteiger partial charge < -0.3 is 9.47 Å². The first-order valence-corrected chi connectivity index (χ1v) is 8.75. The Morgan fingerprint density at radius 3 is 2.15 bits per heavy atom. The van der Waals surface area contributed by atoms with E-state index in [1.54, 1.807) is 4.90 Å². The van der Waals surface area contributed by atoms with Crippen LogP contribution in [0.4, 0.5) is 0 Å². The number of pyridine rings is 1. The fourth-order valence-electron chi connectivity index (χ4n) is 3.38. The number of rotatable bonds is 4. The summed E-state index contributed by atoms with van der Waals surface area (Å²) in [5.41, 5.74) is 4.20. The van der Waals surface area contributed by atoms with Crippen LogP contribution in [0, 0.1) is 6.92 Å². The quantitative estimate of drug-likeness (QED) is 0.558. The fourth-order valence-corrected chi connectivity index (χ4v) is 3.38. The summed E-state index contributed by atoms with van der Waals surface area (Å²) in [5.74, 6) is 0.0806. The predicted molar refractivity (Wildman–Crippen MR) is 105 cm³/mol. The van der Waals surface area contributed by atoms with Gasteiger partial charge >= 0.3 is 0 Å². The van der Waals surface area contributed by atoms with Gasteiger partial charge in [0.15, 0.2) is 0 Å². The largest absolute Gasteiger partial charge is 0.340 e. The molecule has 0 radical (unpaired) electrons. The van der Waals surface area contributed by atoms with Gasteiger partial charge in [0.2, 0.25) is 5.91 Å². The summed E-state index contributed by atoms with van der Waals surface area (Å²) in [5, 5.41) is 2.36. The second-order valence-corrected chi connectivity index (χ2v) is 6.68. The van der Waals surface area contributed by atoms with E-state index < -0.39 is 0 Å². The number of hydrogen-bond acceptors (Lipinski definition) is 2. The molecule has 2 aromatic carbocycles. The van der Waals surface area contributed by atoms with E-state index in [1.165, 1.54) is 10.8 Å². The van der Waals surface area contributed by atoms with Crippen molar-refractivity contribution in [1.29, 1.82) is 0 Å². The lowest BCUT2D eigenvalue weighted by molar-refractivity contribution is -0.130. The van der Waals surface area contributed by atoms with Crippen LogP contribution >= 0.6 is 0 Å². The summed E-state index contributed by atoms with van der Waals surface area (Å²) >= 11 is 0. The van der Waals surface area contributed by atoms with Gasteiger partial charge in [-0.05, 0) is 30.7 Å². The molecule has 4 aromatic rings. The van der Waals surface area contributed by atoms with Crippen molar-refractivity contribution in [1.82, 2.24) is 14.5 Å². The predicted octanol–water partition coefficient (Wildman–Crippen LogP) is 4.16. The van der Waals surface area contributed by atoms with Crippen molar-refractivity contribution in [3.05, 3.63) is 78.1 Å². The van der Waals surface area contributed by atoms with Gasteiger partial charge in [-0.15, -0.1) is 0 Å². The number of benzene rings is 2. The van der Waals surface area contributed by atoms with Gasteiger partial charge in [0.05, 0.1) is 0 Å². The first-order chi connectivity index (χ1) is 12.6. The molecule has 4 nitrogen and oxygen atoms in total. The highest BCUT2D eigenvalue weighted by Gasteiger charge is 2.15. The monoisotopic (exact) mass is 343 g/mol. The van der Waals surface area contributed by atoms with Crippen LogP contribution in [0.15, 0.2) is 66.9 Å². The maximum absolute atomic E-state index is 12.9. The zero-order valence-electron chi connectivity index (χ0n) is 15.0. The SMILES string of the molecule is Cc1ccc(CN(C)C(=O)Cn2c3ccccc3c3ccccc32)cn1. The number of carbonyl (C=O) groups excluding carboxylic acids is 1. The number of carbonyl (C=O) groups is 1. The highest BCUT2D eigenvalue weighted by atomic mass is 16.2. The Morgan fingerprint density at radius 2 is 1.58 bits per heavy atom. The van der Waals surface area contributed by atoms with Crippen LogP contribution in [0.1, 0.15) is 11.3 Å². The summed E-state index contributed by atoms with van der Waals surface area (Å²) in [6, 6.07) is 20.5. The fraction of sp³-hybridized carbons (Fsp3) is 0.182. The molecule has 0 saturated heterocycles. The minimum absolute atomic E-state index is 0.0806. The molecule has 0 bridgehead atoms. The van der Waals surface area contributed by atoms with Crippen molar-refractivity contribution in [3.8, 4) is 0 Å². The Balaban J connectivity index is 1.63. The molecular weight excluding hydrogens is 322 g/mol. The average molecular weight is 343 g/mol. The van der Waals surface area contributed by atoms with Crippen LogP contribution in [0.2, 0.25) is 0 Å². The van der Waals surface area contributed by atoms with Crippen LogP contribution in [0.5, 0.6) is 0 Å². The number of likely N-dealkylation sites (N-methyl/N-ethyl adjacent to an activating group) is 1. The molecule has 0 aliphatic carbocycles. The van der Waals surface area contributed by atoms with Crippen LogP contribution in [0.25, 0.3) is 21.8 Å². The van der Waals surface area contributed by atoms with E-state index in [-0.39, 0.29) is 5.91 Å². The van der Waals surface area contributed by atoms with E-state index in [0.717, 1.165) is 22.3 Å². The van der Waals surface area contributed by atoms with Gasteiger partial charge in [0.25, 0.3) is 0 Å². The number of aryl methyl sites for hydroxylation is 1. The molecule has 0 atom stereocenters. The summed E-state index contributed by atoms with van der Waals surface area (Å²) in [6.45, 7) is 2.84. The van der Waals surface area contributed by atoms with Crippen LogP contribution in [-0.4, -0.2) is 27.4 Å². The van der Waals surface area contributed by atoms with Crippen molar-refractivity contribution < 1.29 is 4.79 Å². The minimum Gasteiger partial charge on any atom is -0.340 e. The van der Waals surface area contributed by atoms with E-state index in [0.29, 0.717) is 13.1 Å². The van der Waals surface area contributed by atoms with Crippen LogP contribution in [0.3, 0.4) is 0 Å². The molecule has 2 aromatic heterocycles. The Labute approximate surface area is 152 Å². The molecule has 0 aliphatic heterocycles. The first kappa shape index (κ1) is 16.3. The van der Waals surface area contributed by atoms with Gasteiger partial charge in [-0.25, -0.2) is 0 Å². The number of hydrogen-bond donors (Lipinski definition) is 0. The lowest BCUT2D eigenvalue weighted by Crippen LogP contribution is -2.29. The number of nitrogens with zero attached hydrogens (tertiary/aromatic N) is 3. The topological polar surface area (TPSA) is 38.1 Å². The number of aromatic nitrogens is 2. The van der Waals surface area contributed by atoms with Crippen molar-refractivity contribution in [3.63, 3.8) is 0 Å². The third kappa shape index (κ3) is 2.94. The smallest absolute Gasteiger partial charge is 0.242 e. The van der Waals surface area contributed by atoms with Crippen molar-refractivity contribution in [2.45, 2.75) is 20.0 Å². The summed E-state index contributed by atoms with van der Waals surface area (Å²) in [4.78, 5) is 18.9. The number of fused-ring (bicyclic) bond motifs is 3. The second-order valence-electron chi connectivity index (χ2n) is 6.68. The molecule has 1 amide bonds. The van der Waals surface area contributed by atoms with Crippen LogP contribution in [-0.2, 0) is 17.9 Å². The molecule has 0 fully saturated rings.